The first kappa shape index (κ1) is 14.6. The molecule has 0 saturated carbocycles. The molecule has 0 fully saturated rings. The van der Waals surface area contributed by atoms with Gasteiger partial charge in [0.25, 0.3) is 0 Å². The first-order chi connectivity index (χ1) is 7.25. The van der Waals surface area contributed by atoms with Gasteiger partial charge in [-0.2, -0.15) is 0 Å². The summed E-state index contributed by atoms with van der Waals surface area (Å²) in [7, 11) is 0. The van der Waals surface area contributed by atoms with Gasteiger partial charge in [-0.3, -0.25) is 0 Å². The minimum Gasteiger partial charge on any atom is -0.383 e. The molecule has 90 valence electrons. The molecule has 2 aromatic rings. The van der Waals surface area contributed by atoms with Gasteiger partial charge in [0.05, 0.1) is 0 Å². The van der Waals surface area contributed by atoms with Crippen LogP contribution in [0.1, 0.15) is 35.1 Å². The van der Waals surface area contributed by atoms with Crippen molar-refractivity contribution < 1.29 is 0 Å². The highest BCUT2D eigenvalue weighted by Crippen LogP contribution is 2.18. The molecule has 0 amide bonds. The number of H-pyrrole nitrogens is 1. The fourth-order valence-corrected chi connectivity index (χ4v) is 1.48. The van der Waals surface area contributed by atoms with E-state index < -0.39 is 0 Å². The monoisotopic (exact) mass is 220 g/mol. The molecule has 1 heterocycles. The summed E-state index contributed by atoms with van der Waals surface area (Å²) in [6, 6.07) is 8.92. The molecule has 2 heteroatoms. The Morgan fingerprint density at radius 1 is 1.12 bits per heavy atom. The van der Waals surface area contributed by atoms with Crippen molar-refractivity contribution in [2.45, 2.75) is 41.2 Å². The molecule has 0 bridgehead atoms. The Kier molecular flexibility index (Phi) is 6.31. The van der Waals surface area contributed by atoms with Crippen molar-refractivity contribution in [3.63, 3.8) is 0 Å². The minimum atomic E-state index is 0. The molecule has 2 rings (SSSR count). The Labute approximate surface area is 99.1 Å². The lowest BCUT2D eigenvalue weighted by Crippen LogP contribution is -2.09. The first-order valence-electron chi connectivity index (χ1n) is 5.59. The lowest BCUT2D eigenvalue weighted by atomic mass is 10.2. The molecule has 0 saturated heterocycles. The standard InChI is InChI=1S/C11H14N2.C2H6.CH4/c1-8(2)13-10-3-4-11-9(7-10)5-6-12-11;1-2;/h3-8,12-13H,1-2H3;1-2H3;1H4. The SMILES string of the molecule is C.CC.CC(C)Nc1ccc2[nH]ccc2c1. The van der Waals surface area contributed by atoms with Gasteiger partial charge in [0, 0.05) is 28.8 Å². The van der Waals surface area contributed by atoms with Gasteiger partial charge < -0.3 is 10.3 Å². The Morgan fingerprint density at radius 3 is 2.44 bits per heavy atom. The zero-order valence-corrected chi connectivity index (χ0v) is 9.96. The molecule has 0 atom stereocenters. The first-order valence-corrected chi connectivity index (χ1v) is 5.59. The van der Waals surface area contributed by atoms with Crippen molar-refractivity contribution in [2.24, 2.45) is 0 Å². The van der Waals surface area contributed by atoms with Gasteiger partial charge in [0.2, 0.25) is 0 Å². The van der Waals surface area contributed by atoms with Crippen molar-refractivity contribution in [2.75, 3.05) is 5.32 Å². The molecule has 0 spiro atoms. The maximum Gasteiger partial charge on any atom is 0.0455 e. The summed E-state index contributed by atoms with van der Waals surface area (Å²) in [5, 5.41) is 4.63. The second kappa shape index (κ2) is 6.94. The van der Waals surface area contributed by atoms with E-state index in [1.165, 1.54) is 16.6 Å². The van der Waals surface area contributed by atoms with Gasteiger partial charge in [-0.15, -0.1) is 0 Å². The van der Waals surface area contributed by atoms with Crippen molar-refractivity contribution in [1.29, 1.82) is 0 Å². The largest absolute Gasteiger partial charge is 0.383 e. The van der Waals surface area contributed by atoms with Gasteiger partial charge in [-0.1, -0.05) is 21.3 Å². The summed E-state index contributed by atoms with van der Waals surface area (Å²) in [6.45, 7) is 8.28. The summed E-state index contributed by atoms with van der Waals surface area (Å²) in [5.74, 6) is 0. The van der Waals surface area contributed by atoms with Crippen LogP contribution in [0.5, 0.6) is 0 Å². The number of anilines is 1. The number of benzene rings is 1. The van der Waals surface area contributed by atoms with Crippen LogP contribution in [0, 0.1) is 0 Å². The van der Waals surface area contributed by atoms with E-state index in [0.717, 1.165) is 0 Å². The predicted octanol–water partition coefficient (Wildman–Crippen LogP) is 4.65. The number of aromatic amines is 1. The highest BCUT2D eigenvalue weighted by molar-refractivity contribution is 5.82. The molecule has 0 radical (unpaired) electrons. The second-order valence-corrected chi connectivity index (χ2v) is 3.58. The molecule has 0 aliphatic heterocycles. The van der Waals surface area contributed by atoms with Crippen molar-refractivity contribution in [1.82, 2.24) is 4.98 Å². The Hall–Kier alpha value is -1.44. The van der Waals surface area contributed by atoms with Crippen LogP contribution in [-0.4, -0.2) is 11.0 Å². The quantitative estimate of drug-likeness (QED) is 0.757. The Balaban J connectivity index is 0.000000711. The fourth-order valence-electron chi connectivity index (χ4n) is 1.48. The predicted molar refractivity (Wildman–Crippen MR) is 75.1 cm³/mol. The lowest BCUT2D eigenvalue weighted by Gasteiger charge is -2.09. The highest BCUT2D eigenvalue weighted by atomic mass is 14.9. The van der Waals surface area contributed by atoms with Gasteiger partial charge in [0.1, 0.15) is 0 Å². The van der Waals surface area contributed by atoms with Crippen molar-refractivity contribution in [3.8, 4) is 0 Å². The highest BCUT2D eigenvalue weighted by Gasteiger charge is 1.97. The number of fused-ring (bicyclic) bond motifs is 1. The van der Waals surface area contributed by atoms with Crippen LogP contribution >= 0.6 is 0 Å². The Bertz CT molecular complexity index is 402. The third-order valence-corrected chi connectivity index (χ3v) is 2.01. The van der Waals surface area contributed by atoms with Crippen LogP contribution in [0.15, 0.2) is 30.5 Å². The van der Waals surface area contributed by atoms with E-state index in [9.17, 15) is 0 Å². The lowest BCUT2D eigenvalue weighted by molar-refractivity contribution is 0.900. The summed E-state index contributed by atoms with van der Waals surface area (Å²) in [6.07, 6.45) is 1.96. The fraction of sp³-hybridized carbons (Fsp3) is 0.429. The summed E-state index contributed by atoms with van der Waals surface area (Å²) in [5.41, 5.74) is 2.37. The third kappa shape index (κ3) is 3.61. The number of nitrogens with one attached hydrogen (secondary N) is 2. The van der Waals surface area contributed by atoms with Crippen molar-refractivity contribution >= 4 is 16.6 Å². The molecule has 16 heavy (non-hydrogen) atoms. The van der Waals surface area contributed by atoms with E-state index in [-0.39, 0.29) is 7.43 Å². The summed E-state index contributed by atoms with van der Waals surface area (Å²) >= 11 is 0. The van der Waals surface area contributed by atoms with Crippen LogP contribution in [0.2, 0.25) is 0 Å². The van der Waals surface area contributed by atoms with Crippen LogP contribution in [0.4, 0.5) is 5.69 Å². The van der Waals surface area contributed by atoms with Crippen LogP contribution in [-0.2, 0) is 0 Å². The van der Waals surface area contributed by atoms with E-state index in [0.29, 0.717) is 6.04 Å². The second-order valence-electron chi connectivity index (χ2n) is 3.58. The molecular weight excluding hydrogens is 196 g/mol. The molecular formula is C14H24N2. The molecule has 0 aliphatic carbocycles. The smallest absolute Gasteiger partial charge is 0.0455 e. The zero-order valence-electron chi connectivity index (χ0n) is 9.96. The van der Waals surface area contributed by atoms with Crippen LogP contribution in [0.25, 0.3) is 10.9 Å². The van der Waals surface area contributed by atoms with E-state index in [1.54, 1.807) is 0 Å². The van der Waals surface area contributed by atoms with Gasteiger partial charge in [-0.05, 0) is 38.1 Å². The molecule has 1 aromatic carbocycles. The molecule has 1 aromatic heterocycles. The number of aromatic nitrogens is 1. The van der Waals surface area contributed by atoms with E-state index in [1.807, 2.05) is 20.0 Å². The van der Waals surface area contributed by atoms with Crippen LogP contribution < -0.4 is 5.32 Å². The van der Waals surface area contributed by atoms with E-state index in [4.69, 9.17) is 0 Å². The van der Waals surface area contributed by atoms with E-state index >= 15 is 0 Å². The zero-order chi connectivity index (χ0) is 11.3. The van der Waals surface area contributed by atoms with Gasteiger partial charge in [0.15, 0.2) is 0 Å². The molecule has 0 aliphatic rings. The minimum absolute atomic E-state index is 0. The third-order valence-electron chi connectivity index (χ3n) is 2.01. The average molecular weight is 220 g/mol. The normalized spacial score (nSPS) is 9.31. The Morgan fingerprint density at radius 2 is 1.81 bits per heavy atom. The van der Waals surface area contributed by atoms with Crippen molar-refractivity contribution in [3.05, 3.63) is 30.5 Å². The topological polar surface area (TPSA) is 27.8 Å². The average Bonchev–Trinajstić information content (AvgIpc) is 2.67. The summed E-state index contributed by atoms with van der Waals surface area (Å²) < 4.78 is 0. The molecule has 0 unspecified atom stereocenters. The van der Waals surface area contributed by atoms with Crippen LogP contribution in [0.3, 0.4) is 0 Å². The number of hydrogen-bond acceptors (Lipinski definition) is 1. The van der Waals surface area contributed by atoms with Gasteiger partial charge in [-0.25, -0.2) is 0 Å². The van der Waals surface area contributed by atoms with Gasteiger partial charge >= 0.3 is 0 Å². The maximum absolute atomic E-state index is 3.37. The molecule has 2 nitrogen and oxygen atoms in total. The summed E-state index contributed by atoms with van der Waals surface area (Å²) in [4.78, 5) is 3.17. The number of hydrogen-bond donors (Lipinski definition) is 2. The maximum atomic E-state index is 3.37. The van der Waals surface area contributed by atoms with E-state index in [2.05, 4.69) is 48.4 Å². The number of rotatable bonds is 2. The molecule has 2 N–H and O–H groups in total.